The summed E-state index contributed by atoms with van der Waals surface area (Å²) in [6, 6.07) is 0. The summed E-state index contributed by atoms with van der Waals surface area (Å²) in [5.41, 5.74) is 0.300. The van der Waals surface area contributed by atoms with Crippen LogP contribution in [-0.2, 0) is 9.53 Å². The van der Waals surface area contributed by atoms with Crippen molar-refractivity contribution in [2.45, 2.75) is 40.0 Å². The lowest BCUT2D eigenvalue weighted by Crippen LogP contribution is -2.25. The zero-order valence-electron chi connectivity index (χ0n) is 9.09. The van der Waals surface area contributed by atoms with E-state index in [0.717, 1.165) is 5.92 Å². The molecule has 2 heteroatoms. The molecule has 1 aliphatic carbocycles. The van der Waals surface area contributed by atoms with Crippen LogP contribution in [0.15, 0.2) is 0 Å². The number of hydrogen-bond acceptors (Lipinski definition) is 2. The number of esters is 1. The van der Waals surface area contributed by atoms with Crippen molar-refractivity contribution in [3.63, 3.8) is 0 Å². The Morgan fingerprint density at radius 1 is 1.46 bits per heavy atom. The van der Waals surface area contributed by atoms with E-state index < -0.39 is 0 Å². The highest BCUT2D eigenvalue weighted by molar-refractivity contribution is 5.69. The van der Waals surface area contributed by atoms with Gasteiger partial charge in [0.15, 0.2) is 0 Å². The topological polar surface area (TPSA) is 26.3 Å². The second-order valence-corrected chi connectivity index (χ2v) is 4.78. The monoisotopic (exact) mass is 184 g/mol. The second kappa shape index (κ2) is 3.69. The van der Waals surface area contributed by atoms with Crippen LogP contribution in [0.4, 0.5) is 0 Å². The molecule has 0 radical (unpaired) electrons. The quantitative estimate of drug-likeness (QED) is 0.617. The summed E-state index contributed by atoms with van der Waals surface area (Å²) in [7, 11) is 1.47. The minimum absolute atomic E-state index is 0.0628. The molecule has 1 aliphatic rings. The molecule has 0 aromatic heterocycles. The fraction of sp³-hybridized carbons (Fsp3) is 0.909. The van der Waals surface area contributed by atoms with E-state index in [1.807, 2.05) is 0 Å². The molecule has 0 aromatic rings. The minimum Gasteiger partial charge on any atom is -0.469 e. The van der Waals surface area contributed by atoms with Crippen molar-refractivity contribution in [1.82, 2.24) is 0 Å². The molecule has 0 spiro atoms. The van der Waals surface area contributed by atoms with Crippen molar-refractivity contribution < 1.29 is 9.53 Å². The number of hydrogen-bond donors (Lipinski definition) is 0. The number of rotatable bonds is 2. The van der Waals surface area contributed by atoms with Gasteiger partial charge in [-0.3, -0.25) is 4.79 Å². The Labute approximate surface area is 80.7 Å². The van der Waals surface area contributed by atoms with Gasteiger partial charge in [-0.25, -0.2) is 0 Å². The van der Waals surface area contributed by atoms with E-state index in [2.05, 4.69) is 20.8 Å². The number of methoxy groups -OCH3 is 1. The minimum atomic E-state index is -0.0628. The summed E-state index contributed by atoms with van der Waals surface area (Å²) in [6.07, 6.45) is 3.01. The van der Waals surface area contributed by atoms with Gasteiger partial charge in [0.05, 0.1) is 7.11 Å². The van der Waals surface area contributed by atoms with Crippen LogP contribution in [0.5, 0.6) is 0 Å². The molecule has 0 saturated heterocycles. The average molecular weight is 184 g/mol. The Morgan fingerprint density at radius 2 is 2.08 bits per heavy atom. The maximum absolute atomic E-state index is 11.1. The number of carbonyl (C=O) groups excluding carboxylic acids is 1. The lowest BCUT2D eigenvalue weighted by molar-refractivity contribution is -0.142. The molecular weight excluding hydrogens is 164 g/mol. The fourth-order valence-corrected chi connectivity index (χ4v) is 2.25. The molecule has 2 nitrogen and oxygen atoms in total. The molecule has 0 heterocycles. The van der Waals surface area contributed by atoms with Gasteiger partial charge in [-0.05, 0) is 30.1 Å². The van der Waals surface area contributed by atoms with E-state index in [9.17, 15) is 4.79 Å². The lowest BCUT2D eigenvalue weighted by atomic mass is 9.75. The zero-order chi connectivity index (χ0) is 10.1. The molecule has 0 aliphatic heterocycles. The molecule has 0 amide bonds. The maximum Gasteiger partial charge on any atom is 0.305 e. The van der Waals surface area contributed by atoms with Crippen molar-refractivity contribution in [3.05, 3.63) is 0 Å². The molecule has 1 fully saturated rings. The second-order valence-electron chi connectivity index (χ2n) is 4.78. The summed E-state index contributed by atoms with van der Waals surface area (Å²) in [6.45, 7) is 6.80. The Morgan fingerprint density at radius 3 is 2.46 bits per heavy atom. The van der Waals surface area contributed by atoms with E-state index in [-0.39, 0.29) is 5.97 Å². The summed E-state index contributed by atoms with van der Waals surface area (Å²) in [4.78, 5) is 11.1. The van der Waals surface area contributed by atoms with E-state index in [0.29, 0.717) is 17.8 Å². The Balaban J connectivity index is 2.57. The van der Waals surface area contributed by atoms with Crippen LogP contribution >= 0.6 is 0 Å². The first kappa shape index (κ1) is 10.6. The molecule has 1 rings (SSSR count). The van der Waals surface area contributed by atoms with Crippen molar-refractivity contribution >= 4 is 5.97 Å². The van der Waals surface area contributed by atoms with Gasteiger partial charge in [0.25, 0.3) is 0 Å². The van der Waals surface area contributed by atoms with Gasteiger partial charge in [0.2, 0.25) is 0 Å². The highest BCUT2D eigenvalue weighted by Crippen LogP contribution is 2.48. The highest BCUT2D eigenvalue weighted by Gasteiger charge is 2.41. The van der Waals surface area contributed by atoms with Crippen LogP contribution in [-0.4, -0.2) is 13.1 Å². The van der Waals surface area contributed by atoms with Gasteiger partial charge >= 0.3 is 5.97 Å². The van der Waals surface area contributed by atoms with Crippen LogP contribution in [0.3, 0.4) is 0 Å². The SMILES string of the molecule is COC(=O)C[C@@H]1CC[C@H](C)C1(C)C. The van der Waals surface area contributed by atoms with Gasteiger partial charge in [-0.1, -0.05) is 20.8 Å². The van der Waals surface area contributed by atoms with E-state index >= 15 is 0 Å². The maximum atomic E-state index is 11.1. The van der Waals surface area contributed by atoms with Crippen LogP contribution < -0.4 is 0 Å². The standard InChI is InChI=1S/C11H20O2/c1-8-5-6-9(11(8,2)3)7-10(12)13-4/h8-9H,5-7H2,1-4H3/t8-,9-/m0/s1. The third-order valence-electron chi connectivity index (χ3n) is 3.91. The fourth-order valence-electron chi connectivity index (χ4n) is 2.25. The molecule has 13 heavy (non-hydrogen) atoms. The number of carbonyl (C=O) groups is 1. The molecular formula is C11H20O2. The normalized spacial score (nSPS) is 31.7. The summed E-state index contributed by atoms with van der Waals surface area (Å²) >= 11 is 0. The van der Waals surface area contributed by atoms with Gasteiger partial charge in [-0.2, -0.15) is 0 Å². The van der Waals surface area contributed by atoms with Gasteiger partial charge < -0.3 is 4.74 Å². The number of ether oxygens (including phenoxy) is 1. The van der Waals surface area contributed by atoms with Crippen molar-refractivity contribution in [2.75, 3.05) is 7.11 Å². The molecule has 1 saturated carbocycles. The highest BCUT2D eigenvalue weighted by atomic mass is 16.5. The predicted octanol–water partition coefficient (Wildman–Crippen LogP) is 2.62. The van der Waals surface area contributed by atoms with Gasteiger partial charge in [0.1, 0.15) is 0 Å². The Kier molecular flexibility index (Phi) is 2.99. The summed E-state index contributed by atoms with van der Waals surface area (Å²) in [5.74, 6) is 1.17. The predicted molar refractivity (Wildman–Crippen MR) is 52.3 cm³/mol. The third kappa shape index (κ3) is 2.04. The lowest BCUT2D eigenvalue weighted by Gasteiger charge is -2.30. The summed E-state index contributed by atoms with van der Waals surface area (Å²) in [5, 5.41) is 0. The first-order valence-corrected chi connectivity index (χ1v) is 5.05. The Hall–Kier alpha value is -0.530. The summed E-state index contributed by atoms with van der Waals surface area (Å²) < 4.78 is 4.70. The van der Waals surface area contributed by atoms with Crippen molar-refractivity contribution in [1.29, 1.82) is 0 Å². The first-order valence-electron chi connectivity index (χ1n) is 5.05. The third-order valence-corrected chi connectivity index (χ3v) is 3.91. The largest absolute Gasteiger partial charge is 0.469 e. The van der Waals surface area contributed by atoms with Crippen LogP contribution in [0, 0.1) is 17.3 Å². The smallest absolute Gasteiger partial charge is 0.305 e. The van der Waals surface area contributed by atoms with Crippen molar-refractivity contribution in [2.24, 2.45) is 17.3 Å². The molecule has 0 N–H and O–H groups in total. The van der Waals surface area contributed by atoms with Crippen LogP contribution in [0.2, 0.25) is 0 Å². The average Bonchev–Trinajstić information content (AvgIpc) is 2.31. The van der Waals surface area contributed by atoms with E-state index in [4.69, 9.17) is 4.74 Å². The molecule has 2 atom stereocenters. The van der Waals surface area contributed by atoms with Gasteiger partial charge in [0, 0.05) is 6.42 Å². The van der Waals surface area contributed by atoms with E-state index in [1.54, 1.807) is 0 Å². The van der Waals surface area contributed by atoms with Crippen molar-refractivity contribution in [3.8, 4) is 0 Å². The molecule has 0 bridgehead atoms. The van der Waals surface area contributed by atoms with E-state index in [1.165, 1.54) is 20.0 Å². The molecule has 76 valence electrons. The first-order chi connectivity index (χ1) is 5.98. The molecule has 0 aromatic carbocycles. The molecule has 0 unspecified atom stereocenters. The van der Waals surface area contributed by atoms with Crippen LogP contribution in [0.1, 0.15) is 40.0 Å². The Bertz CT molecular complexity index is 196. The van der Waals surface area contributed by atoms with Gasteiger partial charge in [-0.15, -0.1) is 0 Å². The van der Waals surface area contributed by atoms with Crippen LogP contribution in [0.25, 0.3) is 0 Å². The zero-order valence-corrected chi connectivity index (χ0v) is 9.09.